The number of imidazole rings is 1. The highest BCUT2D eigenvalue weighted by Crippen LogP contribution is 2.33. The maximum absolute atomic E-state index is 10.5. The van der Waals surface area contributed by atoms with E-state index in [0.29, 0.717) is 11.9 Å². The Morgan fingerprint density at radius 1 is 1.16 bits per heavy atom. The van der Waals surface area contributed by atoms with Crippen LogP contribution in [0.25, 0.3) is 22.6 Å². The molecule has 166 valence electrons. The summed E-state index contributed by atoms with van der Waals surface area (Å²) in [5.41, 5.74) is 3.10. The molecule has 4 rings (SSSR count). The van der Waals surface area contributed by atoms with Gasteiger partial charge < -0.3 is 20.3 Å². The number of benzene rings is 1. The predicted molar refractivity (Wildman–Crippen MR) is 125 cm³/mol. The van der Waals surface area contributed by atoms with Crippen LogP contribution in [-0.2, 0) is 6.54 Å². The van der Waals surface area contributed by atoms with E-state index in [4.69, 9.17) is 9.97 Å². The molecule has 7 heteroatoms. The fraction of sp³-hybridized carbons (Fsp3) is 0.542. The third kappa shape index (κ3) is 4.66. The normalized spacial score (nSPS) is 15.5. The van der Waals surface area contributed by atoms with Gasteiger partial charge in [0.15, 0.2) is 5.65 Å². The smallest absolute Gasteiger partial charge is 0.225 e. The van der Waals surface area contributed by atoms with Gasteiger partial charge in [-0.3, -0.25) is 0 Å². The van der Waals surface area contributed by atoms with Gasteiger partial charge in [0.1, 0.15) is 17.1 Å². The Morgan fingerprint density at radius 2 is 1.90 bits per heavy atom. The van der Waals surface area contributed by atoms with E-state index in [1.54, 1.807) is 6.07 Å². The summed E-state index contributed by atoms with van der Waals surface area (Å²) in [5, 5.41) is 17.4. The second-order valence-electron chi connectivity index (χ2n) is 9.25. The quantitative estimate of drug-likeness (QED) is 0.520. The lowest BCUT2D eigenvalue weighted by atomic mass is 9.95. The Kier molecular flexibility index (Phi) is 6.14. The summed E-state index contributed by atoms with van der Waals surface area (Å²) in [6.07, 6.45) is 4.43. The van der Waals surface area contributed by atoms with Gasteiger partial charge in [0, 0.05) is 12.1 Å². The average Bonchev–Trinajstić information content (AvgIpc) is 3.12. The van der Waals surface area contributed by atoms with Crippen LogP contribution in [-0.4, -0.2) is 43.3 Å². The third-order valence-electron chi connectivity index (χ3n) is 6.47. The molecule has 0 unspecified atom stereocenters. The molecule has 0 amide bonds. The van der Waals surface area contributed by atoms with Crippen LogP contribution >= 0.6 is 0 Å². The summed E-state index contributed by atoms with van der Waals surface area (Å²) in [6.45, 7) is 11.4. The van der Waals surface area contributed by atoms with Gasteiger partial charge in [0.05, 0.1) is 11.3 Å². The van der Waals surface area contributed by atoms with Crippen molar-refractivity contribution < 1.29 is 5.11 Å². The first-order chi connectivity index (χ1) is 14.9. The fourth-order valence-corrected chi connectivity index (χ4v) is 4.15. The maximum atomic E-state index is 10.5. The number of para-hydroxylation sites is 1. The molecule has 0 saturated carbocycles. The number of hydrogen-bond donors (Lipinski definition) is 3. The van der Waals surface area contributed by atoms with Crippen LogP contribution in [0, 0.1) is 12.8 Å². The number of piperidine rings is 1. The number of aryl methyl sites for hydroxylation is 2. The molecule has 7 nitrogen and oxygen atoms in total. The van der Waals surface area contributed by atoms with Gasteiger partial charge in [-0.2, -0.15) is 4.98 Å². The van der Waals surface area contributed by atoms with Gasteiger partial charge in [0.25, 0.3) is 0 Å². The zero-order chi connectivity index (χ0) is 22.0. The number of phenolic OH excluding ortho intramolecular Hbond substituents is 1. The van der Waals surface area contributed by atoms with Gasteiger partial charge in [0.2, 0.25) is 5.95 Å². The van der Waals surface area contributed by atoms with Crippen LogP contribution in [0.2, 0.25) is 0 Å². The van der Waals surface area contributed by atoms with E-state index in [1.165, 1.54) is 12.8 Å². The Morgan fingerprint density at radius 3 is 2.61 bits per heavy atom. The number of phenols is 1. The van der Waals surface area contributed by atoms with Crippen LogP contribution in [0.5, 0.6) is 5.75 Å². The molecule has 1 saturated heterocycles. The summed E-state index contributed by atoms with van der Waals surface area (Å²) in [6, 6.07) is 7.39. The summed E-state index contributed by atoms with van der Waals surface area (Å²) < 4.78 is 2.17. The van der Waals surface area contributed by atoms with Crippen LogP contribution in [0.1, 0.15) is 52.1 Å². The number of fused-ring (bicyclic) bond motifs is 1. The first-order valence-corrected chi connectivity index (χ1v) is 11.4. The standard InChI is InChI=1S/C24H34N6O/c1-5-24(3,4)29-23-26-16(2)20-22(28-23)30(15-12-17-10-13-25-14-11-17)21(27-20)18-8-6-7-9-19(18)31/h6-9,17,25,31H,5,10-15H2,1-4H3,(H,26,28,29). The van der Waals surface area contributed by atoms with Crippen molar-refractivity contribution >= 4 is 17.1 Å². The van der Waals surface area contributed by atoms with Crippen molar-refractivity contribution in [3.63, 3.8) is 0 Å². The first-order valence-electron chi connectivity index (χ1n) is 11.4. The van der Waals surface area contributed by atoms with Crippen molar-refractivity contribution in [3.8, 4) is 17.1 Å². The number of hydrogen-bond acceptors (Lipinski definition) is 6. The molecule has 3 heterocycles. The van der Waals surface area contributed by atoms with E-state index in [1.807, 2.05) is 25.1 Å². The highest BCUT2D eigenvalue weighted by atomic mass is 16.3. The van der Waals surface area contributed by atoms with Crippen LogP contribution < -0.4 is 10.6 Å². The number of nitrogens with zero attached hydrogens (tertiary/aromatic N) is 4. The minimum Gasteiger partial charge on any atom is -0.507 e. The average molecular weight is 423 g/mol. The molecule has 31 heavy (non-hydrogen) atoms. The molecular weight excluding hydrogens is 388 g/mol. The van der Waals surface area contributed by atoms with Crippen molar-refractivity contribution in [2.75, 3.05) is 18.4 Å². The zero-order valence-electron chi connectivity index (χ0n) is 19.1. The lowest BCUT2D eigenvalue weighted by Crippen LogP contribution is -2.30. The van der Waals surface area contributed by atoms with Gasteiger partial charge in [-0.05, 0) is 77.6 Å². The second-order valence-corrected chi connectivity index (χ2v) is 9.25. The Hall–Kier alpha value is -2.67. The third-order valence-corrected chi connectivity index (χ3v) is 6.47. The van der Waals surface area contributed by atoms with Crippen molar-refractivity contribution in [1.29, 1.82) is 0 Å². The van der Waals surface area contributed by atoms with Crippen molar-refractivity contribution in [2.45, 2.75) is 65.5 Å². The van der Waals surface area contributed by atoms with E-state index >= 15 is 0 Å². The molecule has 1 aromatic carbocycles. The largest absolute Gasteiger partial charge is 0.507 e. The number of rotatable bonds is 7. The van der Waals surface area contributed by atoms with Crippen molar-refractivity contribution in [3.05, 3.63) is 30.0 Å². The lowest BCUT2D eigenvalue weighted by Gasteiger charge is -2.25. The summed E-state index contributed by atoms with van der Waals surface area (Å²) in [5.74, 6) is 2.31. The maximum Gasteiger partial charge on any atom is 0.225 e. The molecule has 3 N–H and O–H groups in total. The van der Waals surface area contributed by atoms with Gasteiger partial charge in [-0.15, -0.1) is 0 Å². The zero-order valence-corrected chi connectivity index (χ0v) is 19.1. The molecule has 0 spiro atoms. The van der Waals surface area contributed by atoms with Gasteiger partial charge in [-0.25, -0.2) is 9.97 Å². The fourth-order valence-electron chi connectivity index (χ4n) is 4.15. The first kappa shape index (κ1) is 21.6. The molecule has 1 aliphatic rings. The molecule has 2 aromatic heterocycles. The monoisotopic (exact) mass is 422 g/mol. The number of nitrogens with one attached hydrogen (secondary N) is 2. The van der Waals surface area contributed by atoms with Crippen LogP contribution in [0.15, 0.2) is 24.3 Å². The topological polar surface area (TPSA) is 87.9 Å². The van der Waals surface area contributed by atoms with E-state index in [9.17, 15) is 5.11 Å². The predicted octanol–water partition coefficient (Wildman–Crippen LogP) is 4.50. The highest BCUT2D eigenvalue weighted by molar-refractivity contribution is 5.81. The molecular formula is C24H34N6O. The van der Waals surface area contributed by atoms with Gasteiger partial charge >= 0.3 is 0 Å². The lowest BCUT2D eigenvalue weighted by molar-refractivity contribution is 0.339. The molecule has 0 radical (unpaired) electrons. The van der Waals surface area contributed by atoms with E-state index in [-0.39, 0.29) is 11.3 Å². The van der Waals surface area contributed by atoms with E-state index in [2.05, 4.69) is 41.0 Å². The molecule has 0 bridgehead atoms. The number of aromatic nitrogens is 4. The molecule has 1 fully saturated rings. The highest BCUT2D eigenvalue weighted by Gasteiger charge is 2.23. The Bertz CT molecular complexity index is 1050. The molecule has 0 atom stereocenters. The minimum absolute atomic E-state index is 0.0966. The van der Waals surface area contributed by atoms with E-state index in [0.717, 1.165) is 60.7 Å². The Labute approximate surface area is 184 Å². The van der Waals surface area contributed by atoms with Crippen LogP contribution in [0.4, 0.5) is 5.95 Å². The summed E-state index contributed by atoms with van der Waals surface area (Å²) in [4.78, 5) is 14.5. The summed E-state index contributed by atoms with van der Waals surface area (Å²) >= 11 is 0. The van der Waals surface area contributed by atoms with Crippen molar-refractivity contribution in [2.24, 2.45) is 5.92 Å². The minimum atomic E-state index is -0.0966. The molecule has 1 aliphatic heterocycles. The molecule has 0 aliphatic carbocycles. The number of aromatic hydroxyl groups is 1. The van der Waals surface area contributed by atoms with Gasteiger partial charge in [-0.1, -0.05) is 19.1 Å². The molecule has 3 aromatic rings. The number of anilines is 1. The van der Waals surface area contributed by atoms with E-state index < -0.39 is 0 Å². The second kappa shape index (κ2) is 8.83. The van der Waals surface area contributed by atoms with Crippen molar-refractivity contribution in [1.82, 2.24) is 24.8 Å². The summed E-state index contributed by atoms with van der Waals surface area (Å²) in [7, 11) is 0. The SMILES string of the molecule is CCC(C)(C)Nc1nc(C)c2nc(-c3ccccc3O)n(CCC3CCNCC3)c2n1. The Balaban J connectivity index is 1.79. The van der Waals surface area contributed by atoms with Crippen LogP contribution in [0.3, 0.4) is 0 Å².